The normalized spacial score (nSPS) is 22.6. The van der Waals surface area contributed by atoms with Gasteiger partial charge < -0.3 is 40.1 Å². The first-order chi connectivity index (χ1) is 22.1. The Kier molecular flexibility index (Phi) is 11.0. The number of nitrogens with one attached hydrogen (secondary N) is 2. The molecule has 1 aliphatic rings. The van der Waals surface area contributed by atoms with Gasteiger partial charge in [-0.05, 0) is 36.4 Å². The lowest BCUT2D eigenvalue weighted by molar-refractivity contribution is -0.211. The zero-order valence-electron chi connectivity index (χ0n) is 26.0. The van der Waals surface area contributed by atoms with Crippen LogP contribution in [0.15, 0.2) is 70.5 Å². The highest BCUT2D eigenvalue weighted by Crippen LogP contribution is 2.45. The Balaban J connectivity index is 1.64. The molecule has 47 heavy (non-hydrogen) atoms. The molecule has 4 rings (SSSR count). The number of carbonyl (C=O) groups is 3. The van der Waals surface area contributed by atoms with Crippen LogP contribution in [0.4, 0.5) is 11.4 Å². The van der Waals surface area contributed by atoms with E-state index in [1.807, 2.05) is 31.1 Å². The van der Waals surface area contributed by atoms with Crippen molar-refractivity contribution in [3.63, 3.8) is 0 Å². The Bertz CT molecular complexity index is 1740. The fourth-order valence-corrected chi connectivity index (χ4v) is 7.85. The summed E-state index contributed by atoms with van der Waals surface area (Å²) in [6.07, 6.45) is -7.12. The van der Waals surface area contributed by atoms with E-state index in [1.165, 1.54) is 30.3 Å². The van der Waals surface area contributed by atoms with Gasteiger partial charge in [-0.3, -0.25) is 14.3 Å². The Labute approximate surface area is 275 Å². The molecule has 6 atom stereocenters. The quantitative estimate of drug-likeness (QED) is 0.149. The summed E-state index contributed by atoms with van der Waals surface area (Å²) in [7, 11) is -0.339. The van der Waals surface area contributed by atoms with Crippen LogP contribution in [0.5, 0.6) is 0 Å². The summed E-state index contributed by atoms with van der Waals surface area (Å²) in [4.78, 5) is 36.8. The van der Waals surface area contributed by atoms with Crippen LogP contribution in [-0.2, 0) is 33.9 Å². The average molecular weight is 692 g/mol. The third-order valence-corrected chi connectivity index (χ3v) is 10.2. The largest absolute Gasteiger partial charge is 0.478 e. The molecule has 16 heteroatoms. The maximum absolute atomic E-state index is 13.5. The second kappa shape index (κ2) is 14.5. The number of esters is 1. The molecule has 1 saturated heterocycles. The Morgan fingerprint density at radius 1 is 1.04 bits per heavy atom. The molecule has 1 aliphatic heterocycles. The number of ether oxygens (including phenoxy) is 2. The smallest absolute Gasteiger partial charge is 0.347 e. The second-order valence-electron chi connectivity index (χ2n) is 11.2. The third-order valence-electron chi connectivity index (χ3n) is 7.50. The molecule has 1 fully saturated rings. The van der Waals surface area contributed by atoms with Gasteiger partial charge in [0.05, 0.1) is 17.5 Å². The minimum Gasteiger partial charge on any atom is -0.478 e. The number of nitrogens with zero attached hydrogens (tertiary/aromatic N) is 1. The Morgan fingerprint density at radius 2 is 1.68 bits per heavy atom. The topological polar surface area (TPSA) is 212 Å². The fraction of sp³-hybridized carbons (Fsp3) is 0.387. The second-order valence-corrected chi connectivity index (χ2v) is 14.2. The first kappa shape index (κ1) is 35.9. The SMILES string of the molecule is CC(=O)N[C@H]1[C@H]([C@H](O)[C@H](O)CO)O[C@@](Sc2ccc(NS(=O)(=O)c3cccc4c(N(C)C)cccc34)cc2)(C(=O)O)C[C@@H]1OC(C)=O. The number of carbonyl (C=O) groups excluding carboxylic acids is 2. The van der Waals surface area contributed by atoms with Gasteiger partial charge in [-0.1, -0.05) is 36.0 Å². The van der Waals surface area contributed by atoms with Crippen molar-refractivity contribution >= 4 is 61.8 Å². The first-order valence-corrected chi connectivity index (χ1v) is 16.7. The molecule has 0 aromatic heterocycles. The van der Waals surface area contributed by atoms with Gasteiger partial charge in [0, 0.05) is 61.4 Å². The summed E-state index contributed by atoms with van der Waals surface area (Å²) in [5, 5.41) is 44.6. The lowest BCUT2D eigenvalue weighted by atomic mass is 9.89. The molecule has 0 bridgehead atoms. The van der Waals surface area contributed by atoms with Crippen LogP contribution in [0.1, 0.15) is 20.3 Å². The predicted octanol–water partition coefficient (Wildman–Crippen LogP) is 1.52. The molecule has 3 aromatic rings. The number of amides is 1. The molecule has 0 radical (unpaired) electrons. The highest BCUT2D eigenvalue weighted by molar-refractivity contribution is 8.01. The number of carboxylic acids is 1. The van der Waals surface area contributed by atoms with Gasteiger partial charge in [0.15, 0.2) is 0 Å². The van der Waals surface area contributed by atoms with Crippen LogP contribution < -0.4 is 14.9 Å². The number of hydrogen-bond acceptors (Lipinski definition) is 12. The lowest BCUT2D eigenvalue weighted by Gasteiger charge is -2.47. The van der Waals surface area contributed by atoms with Gasteiger partial charge in [-0.25, -0.2) is 13.2 Å². The molecular weight excluding hydrogens is 654 g/mol. The number of aliphatic carboxylic acids is 1. The van der Waals surface area contributed by atoms with Crippen LogP contribution >= 0.6 is 11.8 Å². The van der Waals surface area contributed by atoms with Crippen LogP contribution in [0.2, 0.25) is 0 Å². The molecule has 0 unspecified atom stereocenters. The van der Waals surface area contributed by atoms with Gasteiger partial charge in [0.25, 0.3) is 10.0 Å². The number of anilines is 2. The van der Waals surface area contributed by atoms with Crippen molar-refractivity contribution in [1.29, 1.82) is 0 Å². The minimum absolute atomic E-state index is 0.0671. The van der Waals surface area contributed by atoms with E-state index in [0.29, 0.717) is 22.0 Å². The van der Waals surface area contributed by atoms with E-state index in [2.05, 4.69) is 10.0 Å². The first-order valence-electron chi connectivity index (χ1n) is 14.4. The molecule has 254 valence electrons. The molecule has 6 N–H and O–H groups in total. The number of rotatable bonds is 12. The lowest BCUT2D eigenvalue weighted by Crippen LogP contribution is -2.67. The van der Waals surface area contributed by atoms with E-state index in [-0.39, 0.29) is 10.6 Å². The number of aliphatic hydroxyl groups is 3. The van der Waals surface area contributed by atoms with Gasteiger partial charge in [0.1, 0.15) is 24.4 Å². The van der Waals surface area contributed by atoms with E-state index >= 15 is 0 Å². The van der Waals surface area contributed by atoms with Crippen LogP contribution in [0, 0.1) is 0 Å². The van der Waals surface area contributed by atoms with Gasteiger partial charge >= 0.3 is 11.9 Å². The molecule has 0 aliphatic carbocycles. The van der Waals surface area contributed by atoms with Crippen LogP contribution in [0.3, 0.4) is 0 Å². The van der Waals surface area contributed by atoms with Crippen LogP contribution in [-0.4, -0.2) is 103 Å². The van der Waals surface area contributed by atoms with Gasteiger partial charge in [-0.2, -0.15) is 0 Å². The number of hydrogen-bond donors (Lipinski definition) is 6. The number of sulfonamides is 1. The molecule has 0 saturated carbocycles. The number of carboxylic acid groups (broad SMARTS) is 1. The zero-order valence-corrected chi connectivity index (χ0v) is 27.6. The molecule has 3 aromatic carbocycles. The monoisotopic (exact) mass is 691 g/mol. The molecule has 1 amide bonds. The summed E-state index contributed by atoms with van der Waals surface area (Å²) in [5.74, 6) is -2.93. The van der Waals surface area contributed by atoms with Crippen molar-refractivity contribution in [2.45, 2.75) is 65.5 Å². The van der Waals surface area contributed by atoms with Crippen molar-refractivity contribution in [2.24, 2.45) is 0 Å². The predicted molar refractivity (Wildman–Crippen MR) is 173 cm³/mol. The molecule has 1 heterocycles. The van der Waals surface area contributed by atoms with Crippen molar-refractivity contribution in [3.05, 3.63) is 60.7 Å². The maximum atomic E-state index is 13.5. The maximum Gasteiger partial charge on any atom is 0.347 e. The van der Waals surface area contributed by atoms with E-state index < -0.39 is 76.3 Å². The number of fused-ring (bicyclic) bond motifs is 1. The van der Waals surface area contributed by atoms with E-state index in [4.69, 9.17) is 9.47 Å². The summed E-state index contributed by atoms with van der Waals surface area (Å²) >= 11 is 0.679. The van der Waals surface area contributed by atoms with Crippen molar-refractivity contribution < 1.29 is 52.7 Å². The highest BCUT2D eigenvalue weighted by atomic mass is 32.2. The Morgan fingerprint density at radius 3 is 2.26 bits per heavy atom. The summed E-state index contributed by atoms with van der Waals surface area (Å²) in [6.45, 7) is 1.33. The van der Waals surface area contributed by atoms with Crippen molar-refractivity contribution in [1.82, 2.24) is 5.32 Å². The molecule has 14 nitrogen and oxygen atoms in total. The molecule has 0 spiro atoms. The van der Waals surface area contributed by atoms with Crippen molar-refractivity contribution in [3.8, 4) is 0 Å². The minimum atomic E-state index is -4.06. The standard InChI is InChI=1S/C31H37N3O11S2/c1-17(36)32-27-25(44-18(2)37)15-31(30(40)41,45-29(27)28(39)24(38)16-35)46-20-13-11-19(12-14-20)33-47(42,43)26-10-6-7-21-22(26)8-5-9-23(21)34(3)4/h5-14,24-25,27-29,33,35,38-39H,15-16H2,1-4H3,(H,32,36)(H,40,41)/t24-,25+,27-,28-,29-,31+/m1/s1. The molecular formula is C31H37N3O11S2. The Hall–Kier alpha value is -3.93. The summed E-state index contributed by atoms with van der Waals surface area (Å²) < 4.78 is 40.8. The van der Waals surface area contributed by atoms with E-state index in [1.54, 1.807) is 18.2 Å². The zero-order chi connectivity index (χ0) is 34.7. The van der Waals surface area contributed by atoms with E-state index in [9.17, 15) is 43.2 Å². The highest BCUT2D eigenvalue weighted by Gasteiger charge is 2.56. The number of benzene rings is 3. The fourth-order valence-electron chi connectivity index (χ4n) is 5.42. The van der Waals surface area contributed by atoms with Crippen molar-refractivity contribution in [2.75, 3.05) is 30.3 Å². The third kappa shape index (κ3) is 7.97. The summed E-state index contributed by atoms with van der Waals surface area (Å²) in [6, 6.07) is 14.9. The number of aliphatic hydroxyl groups excluding tert-OH is 3. The van der Waals surface area contributed by atoms with E-state index in [0.717, 1.165) is 24.9 Å². The van der Waals surface area contributed by atoms with Gasteiger partial charge in [0.2, 0.25) is 10.8 Å². The average Bonchev–Trinajstić information content (AvgIpc) is 3.01. The van der Waals surface area contributed by atoms with Crippen LogP contribution in [0.25, 0.3) is 10.8 Å². The van der Waals surface area contributed by atoms with Gasteiger partial charge in [-0.15, -0.1) is 0 Å². The number of thioether (sulfide) groups is 1. The summed E-state index contributed by atoms with van der Waals surface area (Å²) in [5.41, 5.74) is 1.03.